The maximum absolute atomic E-state index is 5.73. The van der Waals surface area contributed by atoms with Crippen LogP contribution in [0.5, 0.6) is 5.88 Å². The Morgan fingerprint density at radius 3 is 2.74 bits per heavy atom. The van der Waals surface area contributed by atoms with E-state index in [0.717, 1.165) is 29.9 Å². The van der Waals surface area contributed by atoms with Crippen LogP contribution in [0.2, 0.25) is 0 Å². The van der Waals surface area contributed by atoms with Crippen molar-refractivity contribution < 1.29 is 4.74 Å². The molecule has 0 atom stereocenters. The third kappa shape index (κ3) is 4.41. The predicted octanol–water partition coefficient (Wildman–Crippen LogP) is 4.11. The molecule has 1 aromatic rings. The molecule has 3 nitrogen and oxygen atoms in total. The van der Waals surface area contributed by atoms with Gasteiger partial charge in [-0.15, -0.1) is 0 Å². The maximum Gasteiger partial charge on any atom is 0.237 e. The molecule has 1 fully saturated rings. The van der Waals surface area contributed by atoms with Crippen LogP contribution < -0.4 is 10.1 Å². The van der Waals surface area contributed by atoms with Gasteiger partial charge in [-0.25, -0.2) is 4.98 Å². The summed E-state index contributed by atoms with van der Waals surface area (Å²) in [5.74, 6) is 2.43. The van der Waals surface area contributed by atoms with Gasteiger partial charge in [0.15, 0.2) is 0 Å². The van der Waals surface area contributed by atoms with Crippen molar-refractivity contribution in [2.24, 2.45) is 11.8 Å². The van der Waals surface area contributed by atoms with Crippen LogP contribution in [0.25, 0.3) is 0 Å². The summed E-state index contributed by atoms with van der Waals surface area (Å²) in [6, 6.07) is 4.01. The van der Waals surface area contributed by atoms with Crippen LogP contribution in [-0.4, -0.2) is 17.6 Å². The Balaban J connectivity index is 1.88. The van der Waals surface area contributed by atoms with Crippen LogP contribution in [0.4, 0.5) is 5.69 Å². The van der Waals surface area contributed by atoms with E-state index in [1.807, 2.05) is 19.9 Å². The highest BCUT2D eigenvalue weighted by molar-refractivity contribution is 5.52. The molecule has 1 heterocycles. The third-order valence-corrected chi connectivity index (χ3v) is 3.84. The standard InChI is InChI=1S/C16H26N2O/c1-12(2)19-16-15(5-4-10-17-16)18-11-14-8-6-13(3)7-9-14/h4-5,10,12-14,18H,6-9,11H2,1-3H3. The molecule has 1 saturated carbocycles. The van der Waals surface area contributed by atoms with Gasteiger partial charge in [-0.05, 0) is 50.7 Å². The van der Waals surface area contributed by atoms with Crippen LogP contribution >= 0.6 is 0 Å². The molecule has 0 radical (unpaired) electrons. The number of rotatable bonds is 5. The monoisotopic (exact) mass is 262 g/mol. The molecule has 19 heavy (non-hydrogen) atoms. The number of hydrogen-bond acceptors (Lipinski definition) is 3. The van der Waals surface area contributed by atoms with Crippen molar-refractivity contribution in [3.05, 3.63) is 18.3 Å². The second-order valence-corrected chi connectivity index (χ2v) is 6.03. The first-order chi connectivity index (χ1) is 9.15. The molecule has 1 aliphatic rings. The summed E-state index contributed by atoms with van der Waals surface area (Å²) in [5.41, 5.74) is 1.02. The smallest absolute Gasteiger partial charge is 0.237 e. The number of ether oxygens (including phenoxy) is 1. The molecule has 106 valence electrons. The summed E-state index contributed by atoms with van der Waals surface area (Å²) in [4.78, 5) is 4.31. The van der Waals surface area contributed by atoms with Crippen LogP contribution in [0.3, 0.4) is 0 Å². The number of aromatic nitrogens is 1. The molecule has 0 aromatic carbocycles. The summed E-state index contributed by atoms with van der Waals surface area (Å²) < 4.78 is 5.73. The van der Waals surface area contributed by atoms with E-state index in [1.54, 1.807) is 6.20 Å². The molecule has 0 bridgehead atoms. The minimum atomic E-state index is 0.158. The summed E-state index contributed by atoms with van der Waals surface area (Å²) in [6.45, 7) is 7.45. The van der Waals surface area contributed by atoms with Crippen LogP contribution in [-0.2, 0) is 0 Å². The Morgan fingerprint density at radius 2 is 2.05 bits per heavy atom. The van der Waals surface area contributed by atoms with Gasteiger partial charge >= 0.3 is 0 Å². The second-order valence-electron chi connectivity index (χ2n) is 6.03. The molecule has 3 heteroatoms. The summed E-state index contributed by atoms with van der Waals surface area (Å²) >= 11 is 0. The van der Waals surface area contributed by atoms with E-state index in [9.17, 15) is 0 Å². The highest BCUT2D eigenvalue weighted by Crippen LogP contribution is 2.29. The van der Waals surface area contributed by atoms with Crippen molar-refractivity contribution in [2.45, 2.75) is 52.6 Å². The average molecular weight is 262 g/mol. The van der Waals surface area contributed by atoms with Crippen molar-refractivity contribution in [2.75, 3.05) is 11.9 Å². The average Bonchev–Trinajstić information content (AvgIpc) is 2.39. The first-order valence-corrected chi connectivity index (χ1v) is 7.50. The van der Waals surface area contributed by atoms with E-state index in [4.69, 9.17) is 4.74 Å². The normalized spacial score (nSPS) is 23.4. The van der Waals surface area contributed by atoms with Gasteiger partial charge in [-0.3, -0.25) is 0 Å². The largest absolute Gasteiger partial charge is 0.473 e. The van der Waals surface area contributed by atoms with Gasteiger partial charge in [0.1, 0.15) is 0 Å². The lowest BCUT2D eigenvalue weighted by atomic mass is 9.83. The third-order valence-electron chi connectivity index (χ3n) is 3.84. The van der Waals surface area contributed by atoms with E-state index < -0.39 is 0 Å². The first kappa shape index (κ1) is 14.2. The van der Waals surface area contributed by atoms with E-state index in [1.165, 1.54) is 25.7 Å². The fourth-order valence-corrected chi connectivity index (χ4v) is 2.63. The molecule has 1 aromatic heterocycles. The van der Waals surface area contributed by atoms with Crippen molar-refractivity contribution >= 4 is 5.69 Å². The van der Waals surface area contributed by atoms with E-state index in [0.29, 0.717) is 0 Å². The second kappa shape index (κ2) is 6.78. The molecule has 0 spiro atoms. The SMILES string of the molecule is CC1CCC(CNc2cccnc2OC(C)C)CC1. The van der Waals surface area contributed by atoms with Crippen molar-refractivity contribution in [1.29, 1.82) is 0 Å². The van der Waals surface area contributed by atoms with Crippen molar-refractivity contribution in [3.63, 3.8) is 0 Å². The Bertz CT molecular complexity index is 384. The fraction of sp³-hybridized carbons (Fsp3) is 0.688. The number of hydrogen-bond donors (Lipinski definition) is 1. The molecule has 0 amide bonds. The van der Waals surface area contributed by atoms with Gasteiger partial charge in [0.2, 0.25) is 5.88 Å². The van der Waals surface area contributed by atoms with Crippen molar-refractivity contribution in [3.8, 4) is 5.88 Å². The Morgan fingerprint density at radius 1 is 1.32 bits per heavy atom. The highest BCUT2D eigenvalue weighted by atomic mass is 16.5. The topological polar surface area (TPSA) is 34.2 Å². The molecular weight excluding hydrogens is 236 g/mol. The Hall–Kier alpha value is -1.25. The van der Waals surface area contributed by atoms with Gasteiger partial charge in [0.25, 0.3) is 0 Å². The zero-order valence-electron chi connectivity index (χ0n) is 12.4. The summed E-state index contributed by atoms with van der Waals surface area (Å²) in [6.07, 6.45) is 7.36. The summed E-state index contributed by atoms with van der Waals surface area (Å²) in [7, 11) is 0. The van der Waals surface area contributed by atoms with Crippen molar-refractivity contribution in [1.82, 2.24) is 4.98 Å². The van der Waals surface area contributed by atoms with E-state index in [2.05, 4.69) is 23.3 Å². The fourth-order valence-electron chi connectivity index (χ4n) is 2.63. The van der Waals surface area contributed by atoms with Gasteiger partial charge in [-0.2, -0.15) is 0 Å². The van der Waals surface area contributed by atoms with Crippen LogP contribution in [0.15, 0.2) is 18.3 Å². The van der Waals surface area contributed by atoms with Gasteiger partial charge in [0.05, 0.1) is 11.8 Å². The van der Waals surface area contributed by atoms with Crippen LogP contribution in [0, 0.1) is 11.8 Å². The first-order valence-electron chi connectivity index (χ1n) is 7.50. The summed E-state index contributed by atoms with van der Waals surface area (Å²) in [5, 5.41) is 3.52. The lowest BCUT2D eigenvalue weighted by Crippen LogP contribution is -2.20. The van der Waals surface area contributed by atoms with E-state index in [-0.39, 0.29) is 6.10 Å². The highest BCUT2D eigenvalue weighted by Gasteiger charge is 2.18. The van der Waals surface area contributed by atoms with Gasteiger partial charge < -0.3 is 10.1 Å². The zero-order chi connectivity index (χ0) is 13.7. The molecule has 1 N–H and O–H groups in total. The molecule has 0 unspecified atom stereocenters. The lowest BCUT2D eigenvalue weighted by molar-refractivity contribution is 0.233. The Kier molecular flexibility index (Phi) is 5.06. The lowest BCUT2D eigenvalue weighted by Gasteiger charge is -2.26. The van der Waals surface area contributed by atoms with Gasteiger partial charge in [-0.1, -0.05) is 19.8 Å². The van der Waals surface area contributed by atoms with Crippen LogP contribution in [0.1, 0.15) is 46.5 Å². The molecule has 1 aliphatic carbocycles. The van der Waals surface area contributed by atoms with Gasteiger partial charge in [0, 0.05) is 12.7 Å². The molecule has 2 rings (SSSR count). The molecule has 0 saturated heterocycles. The quantitative estimate of drug-likeness (QED) is 0.867. The predicted molar refractivity (Wildman–Crippen MR) is 79.6 cm³/mol. The number of nitrogens with zero attached hydrogens (tertiary/aromatic N) is 1. The number of nitrogens with one attached hydrogen (secondary N) is 1. The molecule has 0 aliphatic heterocycles. The number of anilines is 1. The molecular formula is C16H26N2O. The maximum atomic E-state index is 5.73. The zero-order valence-corrected chi connectivity index (χ0v) is 12.4. The minimum absolute atomic E-state index is 0.158. The number of pyridine rings is 1. The van der Waals surface area contributed by atoms with E-state index >= 15 is 0 Å². The minimum Gasteiger partial charge on any atom is -0.473 e. The Labute approximate surface area is 116 Å².